The Bertz CT molecular complexity index is 453. The number of nitrogens with one attached hydrogen (secondary N) is 1. The van der Waals surface area contributed by atoms with Crippen molar-refractivity contribution in [3.05, 3.63) is 29.3 Å². The first-order chi connectivity index (χ1) is 7.75. The number of aliphatic hydroxyl groups excluding tert-OH is 1. The molecule has 0 aliphatic heterocycles. The molecule has 0 saturated carbocycles. The van der Waals surface area contributed by atoms with Crippen LogP contribution in [-0.4, -0.2) is 22.7 Å². The molecule has 2 N–H and O–H groups in total. The normalized spacial score (nSPS) is 13.1. The van der Waals surface area contributed by atoms with Crippen LogP contribution in [0.5, 0.6) is 0 Å². The Morgan fingerprint density at radius 3 is 3.25 bits per heavy atom. The predicted octanol–water partition coefficient (Wildman–Crippen LogP) is 2.16. The molecule has 0 aliphatic rings. The number of hydrogen-bond acceptors (Lipinski definition) is 4. The summed E-state index contributed by atoms with van der Waals surface area (Å²) in [5.74, 6) is 0. The van der Waals surface area contributed by atoms with E-state index in [0.717, 1.165) is 25.0 Å². The first kappa shape index (κ1) is 11.5. The van der Waals surface area contributed by atoms with Gasteiger partial charge in [0.05, 0.1) is 16.3 Å². The zero-order valence-corrected chi connectivity index (χ0v) is 10.1. The van der Waals surface area contributed by atoms with E-state index in [1.807, 2.05) is 12.3 Å². The Balaban J connectivity index is 1.89. The minimum absolute atomic E-state index is 0.231. The minimum Gasteiger partial charge on any atom is -0.393 e. The Labute approximate surface area is 99.1 Å². The zero-order chi connectivity index (χ0) is 11.4. The summed E-state index contributed by atoms with van der Waals surface area (Å²) in [6.07, 6.45) is 2.46. The number of thiophene rings is 1. The van der Waals surface area contributed by atoms with Crippen LogP contribution >= 0.6 is 11.3 Å². The molecule has 86 valence electrons. The molecule has 0 aliphatic carbocycles. The van der Waals surface area contributed by atoms with Gasteiger partial charge in [0.15, 0.2) is 0 Å². The summed E-state index contributed by atoms with van der Waals surface area (Å²) in [5.41, 5.74) is 2.26. The predicted molar refractivity (Wildman–Crippen MR) is 67.6 cm³/mol. The second-order valence-corrected chi connectivity index (χ2v) is 4.91. The van der Waals surface area contributed by atoms with Crippen LogP contribution < -0.4 is 5.32 Å². The van der Waals surface area contributed by atoms with Crippen molar-refractivity contribution in [1.82, 2.24) is 10.3 Å². The first-order valence-corrected chi connectivity index (χ1v) is 6.34. The fourth-order valence-corrected chi connectivity index (χ4v) is 2.33. The average molecular weight is 236 g/mol. The Morgan fingerprint density at radius 2 is 2.44 bits per heavy atom. The van der Waals surface area contributed by atoms with Crippen molar-refractivity contribution in [2.75, 3.05) is 6.54 Å². The van der Waals surface area contributed by atoms with E-state index in [1.165, 1.54) is 10.3 Å². The number of fused-ring (bicyclic) bond motifs is 1. The summed E-state index contributed by atoms with van der Waals surface area (Å²) >= 11 is 1.72. The third kappa shape index (κ3) is 3.01. The van der Waals surface area contributed by atoms with Crippen LogP contribution in [-0.2, 0) is 6.54 Å². The zero-order valence-electron chi connectivity index (χ0n) is 9.31. The number of aliphatic hydroxyl groups is 1. The molecule has 0 radical (unpaired) electrons. The van der Waals surface area contributed by atoms with Gasteiger partial charge < -0.3 is 10.4 Å². The van der Waals surface area contributed by atoms with Crippen molar-refractivity contribution in [2.45, 2.75) is 26.0 Å². The highest BCUT2D eigenvalue weighted by atomic mass is 32.1. The summed E-state index contributed by atoms with van der Waals surface area (Å²) in [5, 5.41) is 14.5. The summed E-state index contributed by atoms with van der Waals surface area (Å²) in [6.45, 7) is 3.45. The molecule has 4 heteroatoms. The third-order valence-electron chi connectivity index (χ3n) is 2.43. The number of hydrogen-bond donors (Lipinski definition) is 2. The van der Waals surface area contributed by atoms with Gasteiger partial charge in [-0.25, -0.2) is 0 Å². The van der Waals surface area contributed by atoms with Crippen molar-refractivity contribution in [3.63, 3.8) is 0 Å². The lowest BCUT2D eigenvalue weighted by atomic mass is 10.2. The van der Waals surface area contributed by atoms with Crippen molar-refractivity contribution < 1.29 is 5.11 Å². The lowest BCUT2D eigenvalue weighted by Crippen LogP contribution is -2.18. The van der Waals surface area contributed by atoms with Crippen molar-refractivity contribution in [1.29, 1.82) is 0 Å². The summed E-state index contributed by atoms with van der Waals surface area (Å²) in [6, 6.07) is 4.20. The molecule has 2 aromatic heterocycles. The SMILES string of the molecule is CC(O)CCNCc1cnc2ccsc2c1. The van der Waals surface area contributed by atoms with Crippen molar-refractivity contribution in [3.8, 4) is 0 Å². The molecule has 0 aromatic carbocycles. The van der Waals surface area contributed by atoms with E-state index in [-0.39, 0.29) is 6.10 Å². The molecule has 1 unspecified atom stereocenters. The fraction of sp³-hybridized carbons (Fsp3) is 0.417. The van der Waals surface area contributed by atoms with E-state index in [1.54, 1.807) is 18.3 Å². The van der Waals surface area contributed by atoms with E-state index in [4.69, 9.17) is 5.11 Å². The standard InChI is InChI=1S/C12H16N2OS/c1-9(15)2-4-13-7-10-6-12-11(14-8-10)3-5-16-12/h3,5-6,8-9,13,15H,2,4,7H2,1H3. The van der Waals surface area contributed by atoms with Gasteiger partial charge in [-0.15, -0.1) is 11.3 Å². The quantitative estimate of drug-likeness (QED) is 0.782. The monoisotopic (exact) mass is 236 g/mol. The van der Waals surface area contributed by atoms with Crippen LogP contribution in [0.15, 0.2) is 23.7 Å². The number of aromatic nitrogens is 1. The summed E-state index contributed by atoms with van der Waals surface area (Å²) in [4.78, 5) is 4.38. The van der Waals surface area contributed by atoms with Gasteiger partial charge >= 0.3 is 0 Å². The van der Waals surface area contributed by atoms with E-state index in [2.05, 4.69) is 21.7 Å². The van der Waals surface area contributed by atoms with Gasteiger partial charge in [-0.3, -0.25) is 4.98 Å². The molecule has 16 heavy (non-hydrogen) atoms. The molecule has 1 atom stereocenters. The molecule has 3 nitrogen and oxygen atoms in total. The highest BCUT2D eigenvalue weighted by molar-refractivity contribution is 7.17. The van der Waals surface area contributed by atoms with Crippen molar-refractivity contribution >= 4 is 21.6 Å². The highest BCUT2D eigenvalue weighted by Crippen LogP contribution is 2.19. The summed E-state index contributed by atoms with van der Waals surface area (Å²) < 4.78 is 1.23. The maximum atomic E-state index is 9.11. The topological polar surface area (TPSA) is 45.1 Å². The second kappa shape index (κ2) is 5.39. The molecule has 2 rings (SSSR count). The summed E-state index contributed by atoms with van der Waals surface area (Å²) in [7, 11) is 0. The van der Waals surface area contributed by atoms with E-state index < -0.39 is 0 Å². The van der Waals surface area contributed by atoms with Gasteiger partial charge in [0.1, 0.15) is 0 Å². The van der Waals surface area contributed by atoms with Crippen LogP contribution in [0.25, 0.3) is 10.2 Å². The number of pyridine rings is 1. The van der Waals surface area contributed by atoms with E-state index >= 15 is 0 Å². The van der Waals surface area contributed by atoms with Crippen LogP contribution in [0.3, 0.4) is 0 Å². The lowest BCUT2D eigenvalue weighted by Gasteiger charge is -2.06. The fourth-order valence-electron chi connectivity index (χ4n) is 1.53. The molecular weight excluding hydrogens is 220 g/mol. The minimum atomic E-state index is -0.231. The van der Waals surface area contributed by atoms with Crippen molar-refractivity contribution in [2.24, 2.45) is 0 Å². The Kier molecular flexibility index (Phi) is 3.88. The lowest BCUT2D eigenvalue weighted by molar-refractivity contribution is 0.183. The average Bonchev–Trinajstić information content (AvgIpc) is 2.71. The second-order valence-electron chi connectivity index (χ2n) is 3.96. The molecule has 2 heterocycles. The number of nitrogens with zero attached hydrogens (tertiary/aromatic N) is 1. The molecule has 0 fully saturated rings. The smallest absolute Gasteiger partial charge is 0.0809 e. The van der Waals surface area contributed by atoms with E-state index in [0.29, 0.717) is 0 Å². The molecule has 0 saturated heterocycles. The molecule has 0 amide bonds. The Morgan fingerprint density at radius 1 is 1.56 bits per heavy atom. The highest BCUT2D eigenvalue weighted by Gasteiger charge is 1.99. The molecule has 0 spiro atoms. The van der Waals surface area contributed by atoms with Gasteiger partial charge in [0.2, 0.25) is 0 Å². The number of rotatable bonds is 5. The van der Waals surface area contributed by atoms with Crippen LogP contribution in [0.2, 0.25) is 0 Å². The molecule has 2 aromatic rings. The van der Waals surface area contributed by atoms with Gasteiger partial charge in [0.25, 0.3) is 0 Å². The van der Waals surface area contributed by atoms with Gasteiger partial charge in [-0.05, 0) is 43.0 Å². The largest absolute Gasteiger partial charge is 0.393 e. The maximum absolute atomic E-state index is 9.11. The third-order valence-corrected chi connectivity index (χ3v) is 3.28. The van der Waals surface area contributed by atoms with Gasteiger partial charge in [-0.2, -0.15) is 0 Å². The first-order valence-electron chi connectivity index (χ1n) is 5.46. The van der Waals surface area contributed by atoms with Gasteiger partial charge in [0, 0.05) is 12.7 Å². The van der Waals surface area contributed by atoms with Crippen LogP contribution in [0.4, 0.5) is 0 Å². The molecular formula is C12H16N2OS. The maximum Gasteiger partial charge on any atom is 0.0809 e. The van der Waals surface area contributed by atoms with E-state index in [9.17, 15) is 0 Å². The Hall–Kier alpha value is -0.970. The molecule has 0 bridgehead atoms. The van der Waals surface area contributed by atoms with Gasteiger partial charge in [-0.1, -0.05) is 0 Å². The van der Waals surface area contributed by atoms with Crippen LogP contribution in [0, 0.1) is 0 Å². The van der Waals surface area contributed by atoms with Crippen LogP contribution in [0.1, 0.15) is 18.9 Å².